The number of amides is 2. The molecule has 10 nitrogen and oxygen atoms in total. The van der Waals surface area contributed by atoms with Crippen molar-refractivity contribution in [3.63, 3.8) is 0 Å². The summed E-state index contributed by atoms with van der Waals surface area (Å²) in [6.07, 6.45) is 3.99. The van der Waals surface area contributed by atoms with Crippen molar-refractivity contribution in [1.29, 1.82) is 0 Å². The molecule has 3 heterocycles. The van der Waals surface area contributed by atoms with E-state index < -0.39 is 11.7 Å². The van der Waals surface area contributed by atoms with Gasteiger partial charge in [0.15, 0.2) is 5.60 Å². The summed E-state index contributed by atoms with van der Waals surface area (Å²) in [7, 11) is 0. The maximum absolute atomic E-state index is 13.0. The summed E-state index contributed by atoms with van der Waals surface area (Å²) in [6, 6.07) is 1.83. The van der Waals surface area contributed by atoms with Crippen molar-refractivity contribution in [2.24, 2.45) is 5.92 Å². The molecular formula is C22H32N4O6. The average Bonchev–Trinajstić information content (AvgIpc) is 2.78. The van der Waals surface area contributed by atoms with E-state index in [1.165, 1.54) is 4.90 Å². The summed E-state index contributed by atoms with van der Waals surface area (Å²) in [5.74, 6) is -0.0837. The van der Waals surface area contributed by atoms with Gasteiger partial charge in [-0.15, -0.1) is 0 Å². The Morgan fingerprint density at radius 1 is 1.12 bits per heavy atom. The number of carboxylic acid groups (broad SMARTS) is 1. The van der Waals surface area contributed by atoms with Crippen LogP contribution >= 0.6 is 0 Å². The number of hydrogen-bond acceptors (Lipinski definition) is 7. The topological polar surface area (TPSA) is 113 Å². The first-order valence-corrected chi connectivity index (χ1v) is 11.0. The SMILES string of the molecule is CCOC(=O)C1CCCN(c2cncc(OC(C)(C)C(=O)N3CCN(C(=O)O)CC3)c2)C1. The van der Waals surface area contributed by atoms with E-state index in [4.69, 9.17) is 14.6 Å². The lowest BCUT2D eigenvalue weighted by Gasteiger charge is -2.37. The molecule has 1 aromatic heterocycles. The number of ether oxygens (including phenoxy) is 2. The summed E-state index contributed by atoms with van der Waals surface area (Å²) in [5, 5.41) is 9.09. The van der Waals surface area contributed by atoms with Crippen LogP contribution in [0.2, 0.25) is 0 Å². The molecule has 0 radical (unpaired) electrons. The van der Waals surface area contributed by atoms with Crippen LogP contribution < -0.4 is 9.64 Å². The number of aromatic nitrogens is 1. The predicted octanol–water partition coefficient (Wildman–Crippen LogP) is 1.84. The highest BCUT2D eigenvalue weighted by molar-refractivity contribution is 5.85. The first-order chi connectivity index (χ1) is 15.2. The first-order valence-electron chi connectivity index (χ1n) is 11.0. The van der Waals surface area contributed by atoms with Gasteiger partial charge in [0.25, 0.3) is 5.91 Å². The minimum atomic E-state index is -1.14. The van der Waals surface area contributed by atoms with E-state index in [-0.39, 0.29) is 30.9 Å². The van der Waals surface area contributed by atoms with E-state index >= 15 is 0 Å². The van der Waals surface area contributed by atoms with Crippen molar-refractivity contribution in [2.75, 3.05) is 50.8 Å². The van der Waals surface area contributed by atoms with Gasteiger partial charge in [-0.05, 0) is 33.6 Å². The second-order valence-corrected chi connectivity index (χ2v) is 8.59. The summed E-state index contributed by atoms with van der Waals surface area (Å²) in [4.78, 5) is 45.5. The molecule has 0 saturated carbocycles. The molecule has 32 heavy (non-hydrogen) atoms. The zero-order chi connectivity index (χ0) is 23.3. The fourth-order valence-corrected chi connectivity index (χ4v) is 4.12. The third-order valence-electron chi connectivity index (χ3n) is 5.83. The Bertz CT molecular complexity index is 837. The highest BCUT2D eigenvalue weighted by Gasteiger charge is 2.36. The monoisotopic (exact) mass is 448 g/mol. The molecule has 2 amide bonds. The molecule has 0 spiro atoms. The Balaban J connectivity index is 1.64. The minimum Gasteiger partial charge on any atom is -0.476 e. The molecule has 2 fully saturated rings. The highest BCUT2D eigenvalue weighted by atomic mass is 16.5. The van der Waals surface area contributed by atoms with Crippen LogP contribution in [0.3, 0.4) is 0 Å². The number of anilines is 1. The van der Waals surface area contributed by atoms with E-state index in [9.17, 15) is 14.4 Å². The zero-order valence-electron chi connectivity index (χ0n) is 19.0. The molecule has 3 rings (SSSR count). The summed E-state index contributed by atoms with van der Waals surface area (Å²) in [5.41, 5.74) is -0.309. The summed E-state index contributed by atoms with van der Waals surface area (Å²) in [6.45, 7) is 8.16. The van der Waals surface area contributed by atoms with E-state index in [2.05, 4.69) is 9.88 Å². The van der Waals surface area contributed by atoms with Crippen molar-refractivity contribution in [2.45, 2.75) is 39.2 Å². The van der Waals surface area contributed by atoms with Gasteiger partial charge >= 0.3 is 12.1 Å². The van der Waals surface area contributed by atoms with Gasteiger partial charge in [-0.2, -0.15) is 0 Å². The molecule has 2 aliphatic rings. The van der Waals surface area contributed by atoms with Crippen molar-refractivity contribution < 1.29 is 29.0 Å². The molecule has 0 aliphatic carbocycles. The molecule has 0 aromatic carbocycles. The number of nitrogens with zero attached hydrogens (tertiary/aromatic N) is 4. The van der Waals surface area contributed by atoms with E-state index in [0.717, 1.165) is 25.1 Å². The molecule has 2 saturated heterocycles. The van der Waals surface area contributed by atoms with Gasteiger partial charge in [0.05, 0.1) is 30.6 Å². The quantitative estimate of drug-likeness (QED) is 0.656. The molecular weight excluding hydrogens is 416 g/mol. The minimum absolute atomic E-state index is 0.171. The number of rotatable bonds is 6. The Labute approximate surface area is 188 Å². The lowest BCUT2D eigenvalue weighted by molar-refractivity contribution is -0.148. The van der Waals surface area contributed by atoms with Crippen LogP contribution in [0.25, 0.3) is 0 Å². The van der Waals surface area contributed by atoms with Gasteiger partial charge in [-0.1, -0.05) is 0 Å². The fraction of sp³-hybridized carbons (Fsp3) is 0.636. The van der Waals surface area contributed by atoms with Gasteiger partial charge in [-0.25, -0.2) is 4.79 Å². The van der Waals surface area contributed by atoms with Crippen molar-refractivity contribution in [3.8, 4) is 5.75 Å². The summed E-state index contributed by atoms with van der Waals surface area (Å²) >= 11 is 0. The number of piperazine rings is 1. The molecule has 1 unspecified atom stereocenters. The number of pyridine rings is 1. The third-order valence-corrected chi connectivity index (χ3v) is 5.83. The third kappa shape index (κ3) is 5.60. The maximum atomic E-state index is 13.0. The molecule has 1 N–H and O–H groups in total. The molecule has 176 valence electrons. The van der Waals surface area contributed by atoms with Crippen molar-refractivity contribution >= 4 is 23.7 Å². The van der Waals surface area contributed by atoms with E-state index in [0.29, 0.717) is 32.0 Å². The van der Waals surface area contributed by atoms with Crippen LogP contribution in [-0.4, -0.2) is 89.3 Å². The Morgan fingerprint density at radius 2 is 1.81 bits per heavy atom. The first kappa shape index (κ1) is 23.6. The lowest BCUT2D eigenvalue weighted by Crippen LogP contribution is -2.56. The number of carbonyl (C=O) groups is 3. The average molecular weight is 449 g/mol. The predicted molar refractivity (Wildman–Crippen MR) is 117 cm³/mol. The Hall–Kier alpha value is -3.04. The number of carbonyl (C=O) groups excluding carboxylic acids is 2. The van der Waals surface area contributed by atoms with E-state index in [1.807, 2.05) is 6.07 Å². The second-order valence-electron chi connectivity index (χ2n) is 8.59. The van der Waals surface area contributed by atoms with Gasteiger partial charge in [0.1, 0.15) is 5.75 Å². The van der Waals surface area contributed by atoms with E-state index in [1.54, 1.807) is 38.1 Å². The lowest BCUT2D eigenvalue weighted by atomic mass is 9.98. The fourth-order valence-electron chi connectivity index (χ4n) is 4.12. The smallest absolute Gasteiger partial charge is 0.407 e. The summed E-state index contributed by atoms with van der Waals surface area (Å²) < 4.78 is 11.2. The Morgan fingerprint density at radius 3 is 2.47 bits per heavy atom. The standard InChI is InChI=1S/C22H32N4O6/c1-4-31-19(27)16-6-5-7-26(15-16)17-12-18(14-23-13-17)32-22(2,3)20(28)24-8-10-25(11-9-24)21(29)30/h12-14,16H,4-11,15H2,1-3H3,(H,29,30). The van der Waals surface area contributed by atoms with Crippen LogP contribution in [0.4, 0.5) is 10.5 Å². The van der Waals surface area contributed by atoms with Gasteiger partial charge in [-0.3, -0.25) is 14.6 Å². The van der Waals surface area contributed by atoms with Gasteiger partial charge in [0.2, 0.25) is 0 Å². The normalized spacial score (nSPS) is 19.5. The Kier molecular flexibility index (Phi) is 7.42. The van der Waals surface area contributed by atoms with Crippen LogP contribution in [0.1, 0.15) is 33.6 Å². The molecule has 0 bridgehead atoms. The van der Waals surface area contributed by atoms with Crippen molar-refractivity contribution in [1.82, 2.24) is 14.8 Å². The van der Waals surface area contributed by atoms with Crippen LogP contribution in [-0.2, 0) is 14.3 Å². The number of hydrogen-bond donors (Lipinski definition) is 1. The van der Waals surface area contributed by atoms with Gasteiger partial charge < -0.3 is 29.3 Å². The molecule has 10 heteroatoms. The molecule has 1 atom stereocenters. The van der Waals surface area contributed by atoms with Crippen LogP contribution in [0, 0.1) is 5.92 Å². The maximum Gasteiger partial charge on any atom is 0.407 e. The zero-order valence-corrected chi connectivity index (χ0v) is 19.0. The van der Waals surface area contributed by atoms with Crippen molar-refractivity contribution in [3.05, 3.63) is 18.5 Å². The van der Waals surface area contributed by atoms with Crippen LogP contribution in [0.15, 0.2) is 18.5 Å². The second kappa shape index (κ2) is 10.1. The number of esters is 1. The largest absolute Gasteiger partial charge is 0.476 e. The molecule has 1 aromatic rings. The number of piperidine rings is 1. The van der Waals surface area contributed by atoms with Crippen LogP contribution in [0.5, 0.6) is 5.75 Å². The highest BCUT2D eigenvalue weighted by Crippen LogP contribution is 2.28. The molecule has 2 aliphatic heterocycles. The van der Waals surface area contributed by atoms with Gasteiger partial charge in [0, 0.05) is 45.3 Å².